The second kappa shape index (κ2) is 10.7. The smallest absolute Gasteiger partial charge is 0.00199 e. The Morgan fingerprint density at radius 3 is 1.43 bits per heavy atom. The summed E-state index contributed by atoms with van der Waals surface area (Å²) in [6, 6.07) is 58.2. The maximum atomic E-state index is 2.41. The molecule has 0 N–H and O–H groups in total. The van der Waals surface area contributed by atoms with Gasteiger partial charge in [-0.25, -0.2) is 0 Å². The number of benzene rings is 9. The molecule has 208 valence electrons. The Hall–Kier alpha value is -5.46. The number of fused-ring (bicyclic) bond motifs is 7. The predicted molar refractivity (Wildman–Crippen MR) is 194 cm³/mol. The summed E-state index contributed by atoms with van der Waals surface area (Å²) in [7, 11) is 0. The second-order valence-electron chi connectivity index (χ2n) is 11.3. The molecule has 0 unspecified atom stereocenters. The van der Waals surface area contributed by atoms with Gasteiger partial charge >= 0.3 is 0 Å². The molecule has 9 rings (SSSR count). The van der Waals surface area contributed by atoms with E-state index in [0.29, 0.717) is 0 Å². The normalized spacial score (nSPS) is 11.4. The van der Waals surface area contributed by atoms with Crippen LogP contribution in [0.2, 0.25) is 0 Å². The molecule has 0 heterocycles. The SMILES string of the molecule is CC.c1ccc(-c2c3ccccc3c(-c3cccc4c3ccc3cc5ccccc5cc34)c3cc4ccccc4cc23)cc1. The first-order valence-corrected chi connectivity index (χ1v) is 15.6. The van der Waals surface area contributed by atoms with Gasteiger partial charge in [-0.2, -0.15) is 0 Å². The Morgan fingerprint density at radius 2 is 0.773 bits per heavy atom. The lowest BCUT2D eigenvalue weighted by molar-refractivity contribution is 1.50. The molecule has 0 atom stereocenters. The molecule has 0 nitrogen and oxygen atoms in total. The summed E-state index contributed by atoms with van der Waals surface area (Å²) >= 11 is 0. The molecule has 0 aliphatic carbocycles. The van der Waals surface area contributed by atoms with Crippen molar-refractivity contribution in [3.63, 3.8) is 0 Å². The van der Waals surface area contributed by atoms with Crippen molar-refractivity contribution in [3.05, 3.63) is 158 Å². The van der Waals surface area contributed by atoms with Crippen molar-refractivity contribution in [2.75, 3.05) is 0 Å². The van der Waals surface area contributed by atoms with Gasteiger partial charge in [0, 0.05) is 0 Å². The van der Waals surface area contributed by atoms with Crippen LogP contribution in [0.15, 0.2) is 158 Å². The third-order valence-corrected chi connectivity index (χ3v) is 8.97. The minimum atomic E-state index is 1.25. The fourth-order valence-corrected chi connectivity index (χ4v) is 7.07. The van der Waals surface area contributed by atoms with Gasteiger partial charge in [-0.1, -0.05) is 147 Å². The summed E-state index contributed by atoms with van der Waals surface area (Å²) < 4.78 is 0. The van der Waals surface area contributed by atoms with E-state index in [1.165, 1.54) is 86.9 Å². The highest BCUT2D eigenvalue weighted by molar-refractivity contribution is 6.26. The lowest BCUT2D eigenvalue weighted by Crippen LogP contribution is -1.92. The molecule has 9 aromatic carbocycles. The lowest BCUT2D eigenvalue weighted by Gasteiger charge is -2.20. The van der Waals surface area contributed by atoms with Crippen LogP contribution < -0.4 is 0 Å². The van der Waals surface area contributed by atoms with Crippen molar-refractivity contribution in [3.8, 4) is 22.3 Å². The molecule has 0 saturated heterocycles. The number of hydrogen-bond acceptors (Lipinski definition) is 0. The summed E-state index contributed by atoms with van der Waals surface area (Å²) in [5, 5.41) is 15.4. The van der Waals surface area contributed by atoms with E-state index >= 15 is 0 Å². The van der Waals surface area contributed by atoms with Crippen LogP contribution in [-0.2, 0) is 0 Å². The average molecular weight is 561 g/mol. The molecule has 0 aromatic heterocycles. The molecule has 0 fully saturated rings. The summed E-state index contributed by atoms with van der Waals surface area (Å²) in [4.78, 5) is 0. The van der Waals surface area contributed by atoms with Gasteiger partial charge in [0.1, 0.15) is 0 Å². The van der Waals surface area contributed by atoms with Gasteiger partial charge in [0.15, 0.2) is 0 Å². The molecule has 0 amide bonds. The van der Waals surface area contributed by atoms with Crippen molar-refractivity contribution in [1.29, 1.82) is 0 Å². The Morgan fingerprint density at radius 1 is 0.273 bits per heavy atom. The molecule has 0 spiro atoms. The van der Waals surface area contributed by atoms with Crippen LogP contribution in [0.25, 0.3) is 86.9 Å². The number of hydrogen-bond donors (Lipinski definition) is 0. The van der Waals surface area contributed by atoms with Gasteiger partial charge in [0.25, 0.3) is 0 Å². The van der Waals surface area contributed by atoms with Crippen LogP contribution in [0.5, 0.6) is 0 Å². The van der Waals surface area contributed by atoms with Crippen LogP contribution >= 0.6 is 0 Å². The zero-order valence-corrected chi connectivity index (χ0v) is 25.0. The first-order valence-electron chi connectivity index (χ1n) is 15.6. The van der Waals surface area contributed by atoms with Crippen molar-refractivity contribution in [2.24, 2.45) is 0 Å². The fraction of sp³-hybridized carbons (Fsp3) is 0.0455. The summed E-state index contributed by atoms with van der Waals surface area (Å²) in [6.45, 7) is 4.00. The van der Waals surface area contributed by atoms with Gasteiger partial charge in [-0.3, -0.25) is 0 Å². The Bertz CT molecular complexity index is 2500. The van der Waals surface area contributed by atoms with Crippen LogP contribution in [0.3, 0.4) is 0 Å². The van der Waals surface area contributed by atoms with E-state index in [-0.39, 0.29) is 0 Å². The van der Waals surface area contributed by atoms with Gasteiger partial charge in [0.2, 0.25) is 0 Å². The number of rotatable bonds is 2. The third kappa shape index (κ3) is 4.07. The fourth-order valence-electron chi connectivity index (χ4n) is 7.07. The van der Waals surface area contributed by atoms with E-state index in [1.54, 1.807) is 0 Å². The van der Waals surface area contributed by atoms with E-state index in [4.69, 9.17) is 0 Å². The molecule has 0 aliphatic rings. The van der Waals surface area contributed by atoms with Crippen LogP contribution in [0.1, 0.15) is 13.8 Å². The largest absolute Gasteiger partial charge is 0.0683 e. The molecule has 0 aliphatic heterocycles. The molecule has 0 saturated carbocycles. The zero-order valence-electron chi connectivity index (χ0n) is 25.0. The minimum absolute atomic E-state index is 1.25. The minimum Gasteiger partial charge on any atom is -0.0683 e. The van der Waals surface area contributed by atoms with Gasteiger partial charge in [0.05, 0.1) is 0 Å². The van der Waals surface area contributed by atoms with E-state index in [9.17, 15) is 0 Å². The van der Waals surface area contributed by atoms with Crippen molar-refractivity contribution < 1.29 is 0 Å². The summed E-state index contributed by atoms with van der Waals surface area (Å²) in [5.41, 5.74) is 5.12. The quantitative estimate of drug-likeness (QED) is 0.146. The summed E-state index contributed by atoms with van der Waals surface area (Å²) in [5.74, 6) is 0. The maximum absolute atomic E-state index is 2.41. The average Bonchev–Trinajstić information content (AvgIpc) is 3.10. The third-order valence-electron chi connectivity index (χ3n) is 8.97. The molecule has 0 radical (unpaired) electrons. The highest BCUT2D eigenvalue weighted by atomic mass is 14.2. The van der Waals surface area contributed by atoms with Crippen molar-refractivity contribution in [1.82, 2.24) is 0 Å². The van der Waals surface area contributed by atoms with E-state index in [1.807, 2.05) is 13.8 Å². The second-order valence-corrected chi connectivity index (χ2v) is 11.3. The molecule has 9 aromatic rings. The van der Waals surface area contributed by atoms with Crippen molar-refractivity contribution >= 4 is 64.6 Å². The highest BCUT2D eigenvalue weighted by Crippen LogP contribution is 2.47. The maximum Gasteiger partial charge on any atom is -0.00199 e. The van der Waals surface area contributed by atoms with Gasteiger partial charge in [-0.05, 0) is 111 Å². The molecule has 0 heteroatoms. The predicted octanol–water partition coefficient (Wildman–Crippen LogP) is 13.0. The van der Waals surface area contributed by atoms with Crippen LogP contribution in [0, 0.1) is 0 Å². The molecule has 44 heavy (non-hydrogen) atoms. The first kappa shape index (κ1) is 26.2. The molecular formula is C44H32. The van der Waals surface area contributed by atoms with Crippen LogP contribution in [-0.4, -0.2) is 0 Å². The summed E-state index contributed by atoms with van der Waals surface area (Å²) in [6.07, 6.45) is 0. The first-order chi connectivity index (χ1) is 21.8. The van der Waals surface area contributed by atoms with Crippen LogP contribution in [0.4, 0.5) is 0 Å². The van der Waals surface area contributed by atoms with Crippen molar-refractivity contribution in [2.45, 2.75) is 13.8 Å². The topological polar surface area (TPSA) is 0 Å². The molecule has 0 bridgehead atoms. The Kier molecular flexibility index (Phi) is 6.35. The van der Waals surface area contributed by atoms with Gasteiger partial charge in [-0.15, -0.1) is 0 Å². The van der Waals surface area contributed by atoms with E-state index < -0.39 is 0 Å². The van der Waals surface area contributed by atoms with Gasteiger partial charge < -0.3 is 0 Å². The van der Waals surface area contributed by atoms with E-state index in [2.05, 4.69) is 158 Å². The highest BCUT2D eigenvalue weighted by Gasteiger charge is 2.19. The monoisotopic (exact) mass is 560 g/mol. The lowest BCUT2D eigenvalue weighted by atomic mass is 9.83. The standard InChI is InChI=1S/C42H26.C2H6/c1-2-11-27(12-3-1)41-36-17-8-9-18-37(36)42(40-26-31-16-7-6-15-30(31)25-39(40)41)35-20-10-19-33-34(35)22-21-32-23-28-13-4-5-14-29(28)24-38(32)33;1-2/h1-26H;1-2H3. The zero-order chi connectivity index (χ0) is 29.6. The Labute approximate surface area is 257 Å². The van der Waals surface area contributed by atoms with E-state index in [0.717, 1.165) is 0 Å². The Balaban J connectivity index is 0.00000142. The molecular weight excluding hydrogens is 528 g/mol.